The summed E-state index contributed by atoms with van der Waals surface area (Å²) in [6.07, 6.45) is 0.275. The molecule has 1 aromatic heterocycles. The lowest BCUT2D eigenvalue weighted by Gasteiger charge is -2.17. The highest BCUT2D eigenvalue weighted by atomic mass is 16.5. The van der Waals surface area contributed by atoms with Crippen LogP contribution in [0.1, 0.15) is 18.2 Å². The van der Waals surface area contributed by atoms with Gasteiger partial charge in [-0.3, -0.25) is 13.9 Å². The van der Waals surface area contributed by atoms with Crippen molar-refractivity contribution in [3.63, 3.8) is 0 Å². The molecule has 0 radical (unpaired) electrons. The Bertz CT molecular complexity index is 705. The van der Waals surface area contributed by atoms with E-state index in [1.54, 1.807) is 6.92 Å². The van der Waals surface area contributed by atoms with Crippen LogP contribution in [0.15, 0.2) is 20.9 Å². The van der Waals surface area contributed by atoms with Crippen LogP contribution in [-0.4, -0.2) is 39.5 Å². The lowest BCUT2D eigenvalue weighted by molar-refractivity contribution is -0.0277. The van der Waals surface area contributed by atoms with Crippen LogP contribution in [0.5, 0.6) is 0 Å². The van der Waals surface area contributed by atoms with Crippen molar-refractivity contribution in [2.45, 2.75) is 38.3 Å². The lowest BCUT2D eigenvalue weighted by Crippen LogP contribution is -2.43. The van der Waals surface area contributed by atoms with Gasteiger partial charge in [0.15, 0.2) is 0 Å². The number of aliphatic hydroxyl groups excluding tert-OH is 1. The Labute approximate surface area is 125 Å². The molecule has 2 heterocycles. The van der Waals surface area contributed by atoms with E-state index in [4.69, 9.17) is 16.0 Å². The number of rotatable bonds is 5. The van der Waals surface area contributed by atoms with Crippen LogP contribution in [0.4, 0.5) is 0 Å². The van der Waals surface area contributed by atoms with E-state index >= 15 is 0 Å². The van der Waals surface area contributed by atoms with Crippen LogP contribution in [-0.2, 0) is 11.3 Å². The minimum absolute atomic E-state index is 0.106. The van der Waals surface area contributed by atoms with E-state index < -0.39 is 29.6 Å². The highest BCUT2D eigenvalue weighted by molar-refractivity contribution is 5.04. The molecule has 1 saturated heterocycles. The van der Waals surface area contributed by atoms with Gasteiger partial charge in [-0.05, 0) is 12.5 Å². The summed E-state index contributed by atoms with van der Waals surface area (Å²) < 4.78 is 7.90. The summed E-state index contributed by atoms with van der Waals surface area (Å²) >= 11 is 0. The van der Waals surface area contributed by atoms with E-state index in [0.717, 1.165) is 4.57 Å². The SMILES string of the molecule is Cc1cn([C@H]2CC(N=[N+]=[N-])[C@@H](CO)O2)c(=O)n(CCN)c1=O. The minimum Gasteiger partial charge on any atom is -0.394 e. The van der Waals surface area contributed by atoms with Crippen molar-refractivity contribution in [3.8, 4) is 0 Å². The van der Waals surface area contributed by atoms with E-state index in [9.17, 15) is 14.7 Å². The number of nitrogens with two attached hydrogens (primary N) is 1. The fourth-order valence-electron chi connectivity index (χ4n) is 2.53. The summed E-state index contributed by atoms with van der Waals surface area (Å²) in [6, 6.07) is -0.568. The van der Waals surface area contributed by atoms with Gasteiger partial charge >= 0.3 is 5.69 Å². The topological polar surface area (TPSA) is 148 Å². The van der Waals surface area contributed by atoms with E-state index in [-0.39, 0.29) is 26.1 Å². The van der Waals surface area contributed by atoms with Gasteiger partial charge in [0, 0.05) is 36.2 Å². The summed E-state index contributed by atoms with van der Waals surface area (Å²) in [5, 5.41) is 12.8. The number of aromatic nitrogens is 2. The molecule has 22 heavy (non-hydrogen) atoms. The third-order valence-electron chi connectivity index (χ3n) is 3.61. The predicted molar refractivity (Wildman–Crippen MR) is 77.3 cm³/mol. The number of nitrogens with zero attached hydrogens (tertiary/aromatic N) is 5. The molecule has 0 aliphatic carbocycles. The minimum atomic E-state index is -0.705. The van der Waals surface area contributed by atoms with Gasteiger partial charge < -0.3 is 15.6 Å². The van der Waals surface area contributed by atoms with Gasteiger partial charge in [-0.15, -0.1) is 0 Å². The van der Waals surface area contributed by atoms with Crippen molar-refractivity contribution in [1.29, 1.82) is 0 Å². The second-order valence-corrected chi connectivity index (χ2v) is 5.07. The van der Waals surface area contributed by atoms with E-state index in [1.807, 2.05) is 0 Å². The Hall–Kier alpha value is -2.13. The zero-order valence-corrected chi connectivity index (χ0v) is 12.1. The molecule has 0 saturated carbocycles. The standard InChI is InChI=1S/C12H18N6O4/c1-7-5-18(12(21)17(3-2-13)11(7)20)10-4-8(15-16-14)9(6-19)22-10/h5,8-10,19H,2-4,6,13H2,1H3/t8?,9-,10-/m1/s1. The number of aliphatic hydroxyl groups is 1. The zero-order valence-electron chi connectivity index (χ0n) is 12.1. The highest BCUT2D eigenvalue weighted by Crippen LogP contribution is 2.29. The molecule has 10 nitrogen and oxygen atoms in total. The van der Waals surface area contributed by atoms with E-state index in [0.29, 0.717) is 5.56 Å². The number of aryl methyl sites for hydroxylation is 1. The zero-order chi connectivity index (χ0) is 16.3. The molecule has 2 rings (SSSR count). The number of ether oxygens (including phenoxy) is 1. The average molecular weight is 310 g/mol. The fraction of sp³-hybridized carbons (Fsp3) is 0.667. The maximum Gasteiger partial charge on any atom is 0.333 e. The maximum absolute atomic E-state index is 12.4. The molecule has 0 amide bonds. The number of hydrogen-bond donors (Lipinski definition) is 2. The Morgan fingerprint density at radius 3 is 2.91 bits per heavy atom. The molecule has 1 aromatic rings. The Morgan fingerprint density at radius 1 is 1.59 bits per heavy atom. The first-order valence-electron chi connectivity index (χ1n) is 6.86. The van der Waals surface area contributed by atoms with Crippen LogP contribution in [0.25, 0.3) is 10.4 Å². The molecule has 1 aliphatic heterocycles. The van der Waals surface area contributed by atoms with Gasteiger partial charge in [0.25, 0.3) is 5.56 Å². The molecule has 1 fully saturated rings. The maximum atomic E-state index is 12.4. The van der Waals surface area contributed by atoms with Gasteiger partial charge in [-0.2, -0.15) is 0 Å². The van der Waals surface area contributed by atoms with Gasteiger partial charge in [0.05, 0.1) is 18.8 Å². The normalized spacial score (nSPS) is 24.2. The Morgan fingerprint density at radius 2 is 2.32 bits per heavy atom. The molecule has 10 heteroatoms. The van der Waals surface area contributed by atoms with Crippen LogP contribution in [0, 0.1) is 6.92 Å². The van der Waals surface area contributed by atoms with Crippen LogP contribution < -0.4 is 17.0 Å². The lowest BCUT2D eigenvalue weighted by atomic mass is 10.1. The van der Waals surface area contributed by atoms with E-state index in [1.165, 1.54) is 10.8 Å². The van der Waals surface area contributed by atoms with Crippen LogP contribution in [0.2, 0.25) is 0 Å². The van der Waals surface area contributed by atoms with Crippen molar-refractivity contribution in [2.24, 2.45) is 10.8 Å². The molecule has 0 aromatic carbocycles. The summed E-state index contributed by atoms with van der Waals surface area (Å²) in [4.78, 5) is 27.1. The van der Waals surface area contributed by atoms with Gasteiger partial charge in [-0.25, -0.2) is 4.79 Å². The molecular weight excluding hydrogens is 292 g/mol. The fourth-order valence-corrected chi connectivity index (χ4v) is 2.53. The third-order valence-corrected chi connectivity index (χ3v) is 3.61. The molecule has 120 valence electrons. The molecule has 0 bridgehead atoms. The third kappa shape index (κ3) is 2.90. The van der Waals surface area contributed by atoms with Crippen molar-refractivity contribution in [2.75, 3.05) is 13.2 Å². The van der Waals surface area contributed by atoms with Crippen LogP contribution in [0.3, 0.4) is 0 Å². The quantitative estimate of drug-likeness (QED) is 0.416. The largest absolute Gasteiger partial charge is 0.394 e. The van der Waals surface area contributed by atoms with Crippen molar-refractivity contribution in [1.82, 2.24) is 9.13 Å². The molecule has 1 unspecified atom stereocenters. The Balaban J connectivity index is 2.44. The Kier molecular flexibility index (Phi) is 4.99. The smallest absolute Gasteiger partial charge is 0.333 e. The molecular formula is C12H18N6O4. The molecule has 3 N–H and O–H groups in total. The highest BCUT2D eigenvalue weighted by Gasteiger charge is 2.36. The van der Waals surface area contributed by atoms with E-state index in [2.05, 4.69) is 10.0 Å². The average Bonchev–Trinajstić information content (AvgIpc) is 2.90. The van der Waals surface area contributed by atoms with Gasteiger partial charge in [-0.1, -0.05) is 5.11 Å². The number of azide groups is 1. The van der Waals surface area contributed by atoms with Gasteiger partial charge in [0.1, 0.15) is 6.23 Å². The summed E-state index contributed by atoms with van der Waals surface area (Å²) in [7, 11) is 0. The van der Waals surface area contributed by atoms with Crippen molar-refractivity contribution >= 4 is 0 Å². The summed E-state index contributed by atoms with van der Waals surface area (Å²) in [5.41, 5.74) is 13.4. The first kappa shape index (κ1) is 16.2. The predicted octanol–water partition coefficient (Wildman–Crippen LogP) is -0.764. The molecule has 0 spiro atoms. The van der Waals surface area contributed by atoms with Gasteiger partial charge in [0.2, 0.25) is 0 Å². The summed E-state index contributed by atoms with van der Waals surface area (Å²) in [6.45, 7) is 1.53. The second-order valence-electron chi connectivity index (χ2n) is 5.07. The second kappa shape index (κ2) is 6.75. The van der Waals surface area contributed by atoms with Crippen molar-refractivity contribution in [3.05, 3.63) is 43.0 Å². The first-order valence-corrected chi connectivity index (χ1v) is 6.86. The molecule has 3 atom stereocenters. The monoisotopic (exact) mass is 310 g/mol. The van der Waals surface area contributed by atoms with Crippen molar-refractivity contribution < 1.29 is 9.84 Å². The first-order chi connectivity index (χ1) is 10.5. The summed E-state index contributed by atoms with van der Waals surface area (Å²) in [5.74, 6) is 0. The van der Waals surface area contributed by atoms with Crippen LogP contribution >= 0.6 is 0 Å². The molecule has 1 aliphatic rings. The number of hydrogen-bond acceptors (Lipinski definition) is 6.